The zero-order valence-corrected chi connectivity index (χ0v) is 10.5. The van der Waals surface area contributed by atoms with Crippen molar-refractivity contribution in [3.8, 4) is 5.75 Å². The summed E-state index contributed by atoms with van der Waals surface area (Å²) in [6.07, 6.45) is -3.02. The molecule has 100 valence electrons. The van der Waals surface area contributed by atoms with E-state index in [1.807, 2.05) is 0 Å². The second kappa shape index (κ2) is 6.66. The molecule has 0 saturated heterocycles. The molecule has 1 rings (SSSR count). The number of benzene rings is 1. The van der Waals surface area contributed by atoms with Gasteiger partial charge in [-0.05, 0) is 30.8 Å². The van der Waals surface area contributed by atoms with E-state index in [0.29, 0.717) is 12.1 Å². The van der Waals surface area contributed by atoms with Crippen molar-refractivity contribution in [3.63, 3.8) is 0 Å². The lowest BCUT2D eigenvalue weighted by atomic mass is 10.1. The van der Waals surface area contributed by atoms with Gasteiger partial charge in [-0.25, -0.2) is 0 Å². The first-order valence-corrected chi connectivity index (χ1v) is 5.65. The molecule has 0 fully saturated rings. The Kier molecular flexibility index (Phi) is 5.50. The van der Waals surface area contributed by atoms with Crippen molar-refractivity contribution in [2.45, 2.75) is 12.7 Å². The van der Waals surface area contributed by atoms with Crippen LogP contribution in [0.4, 0.5) is 13.2 Å². The standard InChI is InChI=1S/C12H13ClF3NO/c1-17-8-9-3-4-11(18-6-2-5-13)10(7-9)12(14,15)16/h2-5,7,17H,6,8H2,1H3. The van der Waals surface area contributed by atoms with E-state index >= 15 is 0 Å². The summed E-state index contributed by atoms with van der Waals surface area (Å²) in [4.78, 5) is 0. The minimum atomic E-state index is -4.44. The molecule has 0 amide bonds. The van der Waals surface area contributed by atoms with Gasteiger partial charge in [0, 0.05) is 12.1 Å². The lowest BCUT2D eigenvalue weighted by Crippen LogP contribution is -2.11. The predicted molar refractivity (Wildman–Crippen MR) is 64.7 cm³/mol. The van der Waals surface area contributed by atoms with Crippen molar-refractivity contribution < 1.29 is 17.9 Å². The predicted octanol–water partition coefficient (Wildman–Crippen LogP) is 3.56. The molecule has 0 spiro atoms. The third-order valence-corrected chi connectivity index (χ3v) is 2.33. The summed E-state index contributed by atoms with van der Waals surface area (Å²) in [7, 11) is 1.67. The fourth-order valence-electron chi connectivity index (χ4n) is 1.41. The molecule has 0 bridgehead atoms. The van der Waals surface area contributed by atoms with Gasteiger partial charge in [0.25, 0.3) is 0 Å². The first-order valence-electron chi connectivity index (χ1n) is 5.21. The summed E-state index contributed by atoms with van der Waals surface area (Å²) < 4.78 is 43.5. The molecule has 0 saturated carbocycles. The quantitative estimate of drug-likeness (QED) is 0.890. The van der Waals surface area contributed by atoms with E-state index in [1.54, 1.807) is 13.1 Å². The maximum Gasteiger partial charge on any atom is 0.419 e. The van der Waals surface area contributed by atoms with Gasteiger partial charge in [0.1, 0.15) is 12.4 Å². The van der Waals surface area contributed by atoms with Gasteiger partial charge in [0.2, 0.25) is 0 Å². The molecule has 0 heterocycles. The normalized spacial score (nSPS) is 12.1. The fourth-order valence-corrected chi connectivity index (χ4v) is 1.49. The van der Waals surface area contributed by atoms with E-state index in [1.165, 1.54) is 17.7 Å². The molecule has 0 atom stereocenters. The molecule has 0 unspecified atom stereocenters. The summed E-state index contributed by atoms with van der Waals surface area (Å²) >= 11 is 5.27. The Labute approximate surface area is 108 Å². The molecule has 0 aliphatic rings. The van der Waals surface area contributed by atoms with Crippen molar-refractivity contribution in [1.29, 1.82) is 0 Å². The molecule has 2 nitrogen and oxygen atoms in total. The van der Waals surface area contributed by atoms with Crippen molar-refractivity contribution >= 4 is 11.6 Å². The van der Waals surface area contributed by atoms with Crippen LogP contribution in [0.5, 0.6) is 5.75 Å². The Morgan fingerprint density at radius 2 is 2.11 bits per heavy atom. The van der Waals surface area contributed by atoms with Crippen LogP contribution >= 0.6 is 11.6 Å². The van der Waals surface area contributed by atoms with E-state index in [0.717, 1.165) is 6.07 Å². The van der Waals surface area contributed by atoms with Crippen LogP contribution in [0.25, 0.3) is 0 Å². The topological polar surface area (TPSA) is 21.3 Å². The Bertz CT molecular complexity index is 418. The van der Waals surface area contributed by atoms with Crippen LogP contribution in [0.15, 0.2) is 29.8 Å². The molecule has 6 heteroatoms. The van der Waals surface area contributed by atoms with E-state index in [-0.39, 0.29) is 12.4 Å². The highest BCUT2D eigenvalue weighted by Crippen LogP contribution is 2.36. The van der Waals surface area contributed by atoms with Gasteiger partial charge in [0.15, 0.2) is 0 Å². The lowest BCUT2D eigenvalue weighted by molar-refractivity contribution is -0.138. The minimum absolute atomic E-state index is 0.00203. The molecular formula is C12H13ClF3NO. The fraction of sp³-hybridized carbons (Fsp3) is 0.333. The number of hydrogen-bond acceptors (Lipinski definition) is 2. The van der Waals surface area contributed by atoms with Crippen molar-refractivity contribution in [3.05, 3.63) is 40.9 Å². The number of alkyl halides is 3. The largest absolute Gasteiger partial charge is 0.489 e. The molecule has 0 aliphatic heterocycles. The van der Waals surface area contributed by atoms with Gasteiger partial charge < -0.3 is 10.1 Å². The van der Waals surface area contributed by atoms with Crippen LogP contribution in [-0.4, -0.2) is 13.7 Å². The first-order chi connectivity index (χ1) is 8.49. The highest BCUT2D eigenvalue weighted by molar-refractivity contribution is 6.25. The second-order valence-corrected chi connectivity index (χ2v) is 3.78. The van der Waals surface area contributed by atoms with Crippen LogP contribution in [0.2, 0.25) is 0 Å². The molecule has 1 aromatic carbocycles. The molecule has 1 aromatic rings. The molecule has 0 radical (unpaired) electrons. The van der Waals surface area contributed by atoms with Crippen LogP contribution in [0, 0.1) is 0 Å². The number of rotatable bonds is 5. The number of hydrogen-bond donors (Lipinski definition) is 1. The van der Waals surface area contributed by atoms with Crippen LogP contribution in [0.1, 0.15) is 11.1 Å². The summed E-state index contributed by atoms with van der Waals surface area (Å²) in [6.45, 7) is 0.364. The average molecular weight is 280 g/mol. The van der Waals surface area contributed by atoms with Gasteiger partial charge in [-0.3, -0.25) is 0 Å². The minimum Gasteiger partial charge on any atom is -0.489 e. The summed E-state index contributed by atoms with van der Waals surface area (Å²) in [5, 5.41) is 2.80. The highest BCUT2D eigenvalue weighted by Gasteiger charge is 2.34. The third kappa shape index (κ3) is 4.23. The summed E-state index contributed by atoms with van der Waals surface area (Å²) in [5.74, 6) is -0.197. The number of halogens is 4. The second-order valence-electron chi connectivity index (χ2n) is 3.53. The van der Waals surface area contributed by atoms with Gasteiger partial charge in [0.05, 0.1) is 5.56 Å². The van der Waals surface area contributed by atoms with Crippen molar-refractivity contribution in [2.24, 2.45) is 0 Å². The van der Waals surface area contributed by atoms with Gasteiger partial charge in [-0.15, -0.1) is 0 Å². The zero-order valence-electron chi connectivity index (χ0n) is 9.72. The SMILES string of the molecule is CNCc1ccc(OCC=CCl)c(C(F)(F)F)c1. The van der Waals surface area contributed by atoms with E-state index in [2.05, 4.69) is 5.32 Å². The van der Waals surface area contributed by atoms with Crippen molar-refractivity contribution in [1.82, 2.24) is 5.32 Å². The van der Waals surface area contributed by atoms with E-state index < -0.39 is 11.7 Å². The molecule has 0 aliphatic carbocycles. The summed E-state index contributed by atoms with van der Waals surface area (Å²) in [6, 6.07) is 3.99. The Hall–Kier alpha value is -1.20. The number of nitrogens with one attached hydrogen (secondary N) is 1. The Morgan fingerprint density at radius 1 is 1.39 bits per heavy atom. The molecule has 0 aromatic heterocycles. The smallest absolute Gasteiger partial charge is 0.419 e. The molecule has 18 heavy (non-hydrogen) atoms. The summed E-state index contributed by atoms with van der Waals surface area (Å²) in [5.41, 5.74) is 0.964. The molecule has 1 N–H and O–H groups in total. The maximum absolute atomic E-state index is 12.8. The Morgan fingerprint density at radius 3 is 2.67 bits per heavy atom. The van der Waals surface area contributed by atoms with Crippen LogP contribution < -0.4 is 10.1 Å². The van der Waals surface area contributed by atoms with Crippen molar-refractivity contribution in [2.75, 3.05) is 13.7 Å². The lowest BCUT2D eigenvalue weighted by Gasteiger charge is -2.14. The Balaban J connectivity index is 3.01. The highest BCUT2D eigenvalue weighted by atomic mass is 35.5. The number of ether oxygens (including phenoxy) is 1. The van der Waals surface area contributed by atoms with Gasteiger partial charge in [-0.1, -0.05) is 17.7 Å². The van der Waals surface area contributed by atoms with Gasteiger partial charge in [-0.2, -0.15) is 13.2 Å². The van der Waals surface area contributed by atoms with Gasteiger partial charge >= 0.3 is 6.18 Å². The monoisotopic (exact) mass is 279 g/mol. The van der Waals surface area contributed by atoms with E-state index in [9.17, 15) is 13.2 Å². The third-order valence-electron chi connectivity index (χ3n) is 2.15. The van der Waals surface area contributed by atoms with Crippen LogP contribution in [-0.2, 0) is 12.7 Å². The first kappa shape index (κ1) is 14.9. The van der Waals surface area contributed by atoms with E-state index in [4.69, 9.17) is 16.3 Å². The average Bonchev–Trinajstić information content (AvgIpc) is 2.30. The zero-order chi connectivity index (χ0) is 13.6. The van der Waals surface area contributed by atoms with Crippen LogP contribution in [0.3, 0.4) is 0 Å². The molecular weight excluding hydrogens is 267 g/mol. The maximum atomic E-state index is 12.8.